The predicted octanol–water partition coefficient (Wildman–Crippen LogP) is 3.34. The number of aryl methyl sites for hydroxylation is 2. The number of carbonyl (C=O) groups is 2. The molecule has 0 aromatic heterocycles. The van der Waals surface area contributed by atoms with Crippen LogP contribution < -0.4 is 15.5 Å². The summed E-state index contributed by atoms with van der Waals surface area (Å²) < 4.78 is 0. The Bertz CT molecular complexity index is 719. The Labute approximate surface area is 142 Å². The molecule has 0 spiro atoms. The molecule has 0 aliphatic heterocycles. The zero-order chi connectivity index (χ0) is 17.7. The normalized spacial score (nSPS) is 10.2. The molecule has 2 rings (SSSR count). The van der Waals surface area contributed by atoms with E-state index in [9.17, 15) is 9.59 Å². The fourth-order valence-electron chi connectivity index (χ4n) is 2.42. The van der Waals surface area contributed by atoms with Crippen LogP contribution in [0.15, 0.2) is 42.5 Å². The van der Waals surface area contributed by atoms with Crippen molar-refractivity contribution in [3.05, 3.63) is 53.6 Å². The van der Waals surface area contributed by atoms with Crippen molar-refractivity contribution in [3.63, 3.8) is 0 Å². The molecule has 24 heavy (non-hydrogen) atoms. The molecule has 0 unspecified atom stereocenters. The first-order chi connectivity index (χ1) is 11.3. The average Bonchev–Trinajstić information content (AvgIpc) is 2.51. The minimum absolute atomic E-state index is 0.0245. The first-order valence-corrected chi connectivity index (χ1v) is 7.81. The Morgan fingerprint density at radius 3 is 2.08 bits per heavy atom. The van der Waals surface area contributed by atoms with Gasteiger partial charge in [0.15, 0.2) is 0 Å². The SMILES string of the molecule is CC(=O)N(C)c1ccc(NCC(=O)Nc2cc(C)cc(C)c2)cc1. The summed E-state index contributed by atoms with van der Waals surface area (Å²) in [7, 11) is 1.72. The molecule has 5 heteroatoms. The van der Waals surface area contributed by atoms with Gasteiger partial charge in [-0.25, -0.2) is 0 Å². The molecule has 5 nitrogen and oxygen atoms in total. The van der Waals surface area contributed by atoms with Crippen molar-refractivity contribution < 1.29 is 9.59 Å². The van der Waals surface area contributed by atoms with E-state index in [-0.39, 0.29) is 18.4 Å². The molecule has 126 valence electrons. The largest absolute Gasteiger partial charge is 0.376 e. The van der Waals surface area contributed by atoms with E-state index in [1.165, 1.54) is 6.92 Å². The summed E-state index contributed by atoms with van der Waals surface area (Å²) in [6.07, 6.45) is 0. The lowest BCUT2D eigenvalue weighted by Gasteiger charge is -2.15. The van der Waals surface area contributed by atoms with Gasteiger partial charge in [0.25, 0.3) is 0 Å². The molecule has 0 heterocycles. The standard InChI is InChI=1S/C19H23N3O2/c1-13-9-14(2)11-17(10-13)21-19(24)12-20-16-5-7-18(8-6-16)22(4)15(3)23/h5-11,20H,12H2,1-4H3,(H,21,24). The van der Waals surface area contributed by atoms with Crippen LogP contribution in [0.3, 0.4) is 0 Å². The Kier molecular flexibility index (Phi) is 5.58. The number of hydrogen-bond donors (Lipinski definition) is 2. The van der Waals surface area contributed by atoms with E-state index in [1.54, 1.807) is 11.9 Å². The number of carbonyl (C=O) groups excluding carboxylic acids is 2. The van der Waals surface area contributed by atoms with Gasteiger partial charge in [-0.1, -0.05) is 6.07 Å². The van der Waals surface area contributed by atoms with Crippen LogP contribution in [0.5, 0.6) is 0 Å². The van der Waals surface area contributed by atoms with Crippen LogP contribution >= 0.6 is 0 Å². The monoisotopic (exact) mass is 325 g/mol. The molecule has 2 aromatic carbocycles. The van der Waals surface area contributed by atoms with E-state index in [1.807, 2.05) is 50.2 Å². The number of amides is 2. The van der Waals surface area contributed by atoms with Crippen molar-refractivity contribution in [3.8, 4) is 0 Å². The van der Waals surface area contributed by atoms with E-state index >= 15 is 0 Å². The van der Waals surface area contributed by atoms with Crippen LogP contribution in [0.25, 0.3) is 0 Å². The molecule has 0 fully saturated rings. The second-order valence-corrected chi connectivity index (χ2v) is 5.90. The van der Waals surface area contributed by atoms with E-state index in [0.717, 1.165) is 28.2 Å². The zero-order valence-electron chi connectivity index (χ0n) is 14.5. The second-order valence-electron chi connectivity index (χ2n) is 5.90. The highest BCUT2D eigenvalue weighted by molar-refractivity contribution is 5.94. The van der Waals surface area contributed by atoms with Crippen molar-refractivity contribution in [1.82, 2.24) is 0 Å². The van der Waals surface area contributed by atoms with E-state index in [2.05, 4.69) is 16.7 Å². The van der Waals surface area contributed by atoms with Gasteiger partial charge in [0.1, 0.15) is 0 Å². The average molecular weight is 325 g/mol. The van der Waals surface area contributed by atoms with Crippen molar-refractivity contribution in [2.45, 2.75) is 20.8 Å². The van der Waals surface area contributed by atoms with E-state index < -0.39 is 0 Å². The highest BCUT2D eigenvalue weighted by Crippen LogP contribution is 2.17. The molecule has 0 atom stereocenters. The Balaban J connectivity index is 1.90. The Morgan fingerprint density at radius 1 is 0.958 bits per heavy atom. The van der Waals surface area contributed by atoms with Crippen LogP contribution in [-0.2, 0) is 9.59 Å². The molecule has 0 saturated heterocycles. The molecule has 2 aromatic rings. The summed E-state index contributed by atoms with van der Waals surface area (Å²) in [5, 5.41) is 5.96. The van der Waals surface area contributed by atoms with Gasteiger partial charge in [-0.05, 0) is 61.4 Å². The second kappa shape index (κ2) is 7.64. The van der Waals surface area contributed by atoms with Gasteiger partial charge < -0.3 is 15.5 Å². The molecular weight excluding hydrogens is 302 g/mol. The molecular formula is C19H23N3O2. The molecule has 0 aliphatic rings. The summed E-state index contributed by atoms with van der Waals surface area (Å²) in [6.45, 7) is 5.69. The predicted molar refractivity (Wildman–Crippen MR) is 98.6 cm³/mol. The molecule has 2 N–H and O–H groups in total. The van der Waals surface area contributed by atoms with Gasteiger partial charge in [-0.2, -0.15) is 0 Å². The highest BCUT2D eigenvalue weighted by atomic mass is 16.2. The first-order valence-electron chi connectivity index (χ1n) is 7.81. The minimum Gasteiger partial charge on any atom is -0.376 e. The Hall–Kier alpha value is -2.82. The third-order valence-corrected chi connectivity index (χ3v) is 3.69. The van der Waals surface area contributed by atoms with Crippen LogP contribution in [0.1, 0.15) is 18.1 Å². The van der Waals surface area contributed by atoms with E-state index in [0.29, 0.717) is 0 Å². The topological polar surface area (TPSA) is 61.4 Å². The van der Waals surface area contributed by atoms with E-state index in [4.69, 9.17) is 0 Å². The van der Waals surface area contributed by atoms with Crippen molar-refractivity contribution in [2.75, 3.05) is 29.1 Å². The Morgan fingerprint density at radius 2 is 1.54 bits per heavy atom. The maximum absolute atomic E-state index is 12.0. The summed E-state index contributed by atoms with van der Waals surface area (Å²) in [5.41, 5.74) is 4.67. The number of nitrogens with one attached hydrogen (secondary N) is 2. The van der Waals surface area contributed by atoms with Gasteiger partial charge in [-0.15, -0.1) is 0 Å². The summed E-state index contributed by atoms with van der Waals surface area (Å²) in [5.74, 6) is -0.131. The molecule has 0 radical (unpaired) electrons. The highest BCUT2D eigenvalue weighted by Gasteiger charge is 2.06. The van der Waals surface area contributed by atoms with Crippen LogP contribution in [0, 0.1) is 13.8 Å². The fourth-order valence-corrected chi connectivity index (χ4v) is 2.42. The number of rotatable bonds is 5. The van der Waals surface area contributed by atoms with Crippen LogP contribution in [0.2, 0.25) is 0 Å². The fraction of sp³-hybridized carbons (Fsp3) is 0.263. The lowest BCUT2D eigenvalue weighted by Crippen LogP contribution is -2.23. The number of nitrogens with zero attached hydrogens (tertiary/aromatic N) is 1. The molecule has 2 amide bonds. The summed E-state index contributed by atoms with van der Waals surface area (Å²) in [4.78, 5) is 24.9. The van der Waals surface area contributed by atoms with Gasteiger partial charge in [0.05, 0.1) is 6.54 Å². The number of hydrogen-bond acceptors (Lipinski definition) is 3. The number of anilines is 3. The first kappa shape index (κ1) is 17.5. The summed E-state index contributed by atoms with van der Waals surface area (Å²) >= 11 is 0. The van der Waals surface area contributed by atoms with Gasteiger partial charge in [0.2, 0.25) is 11.8 Å². The lowest BCUT2D eigenvalue weighted by atomic mass is 10.1. The van der Waals surface area contributed by atoms with Gasteiger partial charge in [-0.3, -0.25) is 9.59 Å². The third kappa shape index (κ3) is 4.84. The zero-order valence-corrected chi connectivity index (χ0v) is 14.5. The maximum Gasteiger partial charge on any atom is 0.243 e. The molecule has 0 bridgehead atoms. The van der Waals surface area contributed by atoms with Crippen molar-refractivity contribution in [2.24, 2.45) is 0 Å². The summed E-state index contributed by atoms with van der Waals surface area (Å²) in [6, 6.07) is 13.3. The number of benzene rings is 2. The van der Waals surface area contributed by atoms with Crippen LogP contribution in [-0.4, -0.2) is 25.4 Å². The van der Waals surface area contributed by atoms with Crippen molar-refractivity contribution in [1.29, 1.82) is 0 Å². The van der Waals surface area contributed by atoms with Crippen LogP contribution in [0.4, 0.5) is 17.1 Å². The third-order valence-electron chi connectivity index (χ3n) is 3.69. The van der Waals surface area contributed by atoms with Crippen molar-refractivity contribution >= 4 is 28.9 Å². The van der Waals surface area contributed by atoms with Gasteiger partial charge >= 0.3 is 0 Å². The minimum atomic E-state index is -0.107. The van der Waals surface area contributed by atoms with Gasteiger partial charge in [0, 0.05) is 31.0 Å². The quantitative estimate of drug-likeness (QED) is 0.886. The molecule has 0 saturated carbocycles. The maximum atomic E-state index is 12.0. The smallest absolute Gasteiger partial charge is 0.243 e. The lowest BCUT2D eigenvalue weighted by molar-refractivity contribution is -0.116. The molecule has 0 aliphatic carbocycles.